The lowest BCUT2D eigenvalue weighted by Crippen LogP contribution is -2.19. The minimum Gasteiger partial charge on any atom is -0.505 e. The third kappa shape index (κ3) is 3.56. The van der Waals surface area contributed by atoms with Crippen LogP contribution in [0, 0.1) is 0 Å². The third-order valence-electron chi connectivity index (χ3n) is 1.68. The highest BCUT2D eigenvalue weighted by Gasteiger charge is 2.39. The highest BCUT2D eigenvalue weighted by atomic mass is 35.5. The van der Waals surface area contributed by atoms with Crippen LogP contribution in [0.5, 0.6) is 11.6 Å². The van der Waals surface area contributed by atoms with Gasteiger partial charge in [-0.3, -0.25) is 0 Å². The Labute approximate surface area is 101 Å². The first-order valence-electron chi connectivity index (χ1n) is 4.16. The third-order valence-corrected chi connectivity index (χ3v) is 1.97. The van der Waals surface area contributed by atoms with E-state index < -0.39 is 41.3 Å². The van der Waals surface area contributed by atoms with E-state index in [0.717, 1.165) is 0 Å². The van der Waals surface area contributed by atoms with Gasteiger partial charge in [0.2, 0.25) is 5.88 Å². The first-order valence-corrected chi connectivity index (χ1v) is 4.70. The Bertz CT molecular complexity index is 444. The van der Waals surface area contributed by atoms with Gasteiger partial charge in [-0.2, -0.15) is 13.2 Å². The van der Waals surface area contributed by atoms with Crippen molar-refractivity contribution >= 4 is 11.6 Å². The molecule has 1 aromatic rings. The topological polar surface area (TPSA) is 42.4 Å². The maximum atomic E-state index is 12.4. The number of alkyl halides is 7. The lowest BCUT2D eigenvalue weighted by molar-refractivity contribution is -0.276. The van der Waals surface area contributed by atoms with E-state index in [1.165, 1.54) is 0 Å². The number of halogens is 7. The molecule has 0 radical (unpaired) electrons. The average molecular weight is 296 g/mol. The first-order chi connectivity index (χ1) is 8.04. The maximum Gasteiger partial charge on any atom is 0.574 e. The Morgan fingerprint density at radius 3 is 2.17 bits per heavy atom. The summed E-state index contributed by atoms with van der Waals surface area (Å²) < 4.78 is 76.0. The van der Waals surface area contributed by atoms with Crippen LogP contribution >= 0.6 is 11.6 Å². The molecule has 18 heavy (non-hydrogen) atoms. The van der Waals surface area contributed by atoms with Crippen molar-refractivity contribution in [1.29, 1.82) is 0 Å². The molecule has 0 aliphatic heterocycles. The number of hydrogen-bond donors (Lipinski definition) is 1. The summed E-state index contributed by atoms with van der Waals surface area (Å²) in [6.45, 7) is 0. The molecule has 0 saturated carbocycles. The van der Waals surface area contributed by atoms with Gasteiger partial charge in [0.1, 0.15) is 0 Å². The Morgan fingerprint density at radius 1 is 1.22 bits per heavy atom. The molecular weight excluding hydrogens is 292 g/mol. The molecule has 0 saturated heterocycles. The van der Waals surface area contributed by atoms with Crippen molar-refractivity contribution in [3.8, 4) is 11.6 Å². The molecular formula is C8H4ClF6NO2. The van der Waals surface area contributed by atoms with Crippen molar-refractivity contribution in [3.05, 3.63) is 17.3 Å². The smallest absolute Gasteiger partial charge is 0.505 e. The van der Waals surface area contributed by atoms with Crippen molar-refractivity contribution in [1.82, 2.24) is 4.98 Å². The van der Waals surface area contributed by atoms with Gasteiger partial charge in [0.05, 0.1) is 5.88 Å². The van der Waals surface area contributed by atoms with Gasteiger partial charge >= 0.3 is 12.5 Å². The molecule has 3 nitrogen and oxygen atoms in total. The van der Waals surface area contributed by atoms with Crippen molar-refractivity contribution in [3.63, 3.8) is 0 Å². The van der Waals surface area contributed by atoms with E-state index in [0.29, 0.717) is 6.07 Å². The van der Waals surface area contributed by atoms with Crippen LogP contribution in [0.3, 0.4) is 0 Å². The summed E-state index contributed by atoms with van der Waals surface area (Å²) in [7, 11) is 0. The highest BCUT2D eigenvalue weighted by Crippen LogP contribution is 2.39. The molecule has 0 amide bonds. The predicted molar refractivity (Wildman–Crippen MR) is 47.1 cm³/mol. The van der Waals surface area contributed by atoms with Gasteiger partial charge in [-0.1, -0.05) is 0 Å². The molecule has 0 fully saturated rings. The summed E-state index contributed by atoms with van der Waals surface area (Å²) in [6.07, 6.45) is -10.3. The molecule has 102 valence electrons. The number of aromatic nitrogens is 1. The molecule has 0 aliphatic carbocycles. The van der Waals surface area contributed by atoms with Gasteiger partial charge in [0.15, 0.2) is 11.4 Å². The Hall–Kier alpha value is -1.38. The van der Waals surface area contributed by atoms with Gasteiger partial charge in [0.25, 0.3) is 0 Å². The van der Waals surface area contributed by atoms with Crippen LogP contribution in [0.1, 0.15) is 11.3 Å². The number of ether oxygens (including phenoxy) is 1. The Kier molecular flexibility index (Phi) is 3.84. The molecule has 0 aliphatic rings. The van der Waals surface area contributed by atoms with Crippen molar-refractivity contribution in [2.75, 3.05) is 0 Å². The summed E-state index contributed by atoms with van der Waals surface area (Å²) >= 11 is 5.21. The molecule has 1 N–H and O–H groups in total. The normalized spacial score (nSPS) is 12.6. The summed E-state index contributed by atoms with van der Waals surface area (Å²) in [5.41, 5.74) is -2.46. The van der Waals surface area contributed by atoms with Crippen LogP contribution < -0.4 is 4.74 Å². The molecule has 0 spiro atoms. The predicted octanol–water partition coefficient (Wildman–Crippen LogP) is 3.44. The molecule has 1 rings (SSSR count). The minimum absolute atomic E-state index is 0.477. The van der Waals surface area contributed by atoms with E-state index in [9.17, 15) is 26.3 Å². The molecule has 10 heteroatoms. The molecule has 0 bridgehead atoms. The van der Waals surface area contributed by atoms with Crippen molar-refractivity contribution in [2.45, 2.75) is 18.4 Å². The van der Waals surface area contributed by atoms with Crippen LogP contribution in [0.25, 0.3) is 0 Å². The van der Waals surface area contributed by atoms with Crippen LogP contribution in [0.2, 0.25) is 0 Å². The largest absolute Gasteiger partial charge is 0.574 e. The van der Waals surface area contributed by atoms with Gasteiger partial charge in [-0.15, -0.1) is 24.8 Å². The molecule has 1 aromatic heterocycles. The van der Waals surface area contributed by atoms with E-state index in [1.807, 2.05) is 0 Å². The van der Waals surface area contributed by atoms with Gasteiger partial charge in [-0.25, -0.2) is 4.98 Å². The van der Waals surface area contributed by atoms with Crippen LogP contribution in [0.4, 0.5) is 26.3 Å². The van der Waals surface area contributed by atoms with Crippen molar-refractivity contribution in [2.24, 2.45) is 0 Å². The second-order valence-corrected chi connectivity index (χ2v) is 3.26. The van der Waals surface area contributed by atoms with Gasteiger partial charge in [-0.05, 0) is 0 Å². The van der Waals surface area contributed by atoms with E-state index >= 15 is 0 Å². The molecule has 0 atom stereocenters. The maximum absolute atomic E-state index is 12.4. The zero-order valence-corrected chi connectivity index (χ0v) is 8.99. The molecule has 1 heterocycles. The van der Waals surface area contributed by atoms with Crippen LogP contribution in [-0.4, -0.2) is 16.5 Å². The Morgan fingerprint density at radius 2 is 1.78 bits per heavy atom. The van der Waals surface area contributed by atoms with Crippen LogP contribution in [0.15, 0.2) is 6.07 Å². The zero-order chi connectivity index (χ0) is 14.1. The monoisotopic (exact) mass is 295 g/mol. The fraction of sp³-hybridized carbons (Fsp3) is 0.375. The van der Waals surface area contributed by atoms with E-state index in [-0.39, 0.29) is 0 Å². The number of pyridine rings is 1. The standard InChI is InChI=1S/C8H4ClF6NO2/c9-2-3-1-4(18-8(13,14)15)16-6(5(3)17)7(10,11)12/h1,17H,2H2. The first kappa shape index (κ1) is 14.7. The Balaban J connectivity index is 3.31. The van der Waals surface area contributed by atoms with Gasteiger partial charge < -0.3 is 9.84 Å². The summed E-state index contributed by atoms with van der Waals surface area (Å²) in [5, 5.41) is 9.14. The highest BCUT2D eigenvalue weighted by molar-refractivity contribution is 6.17. The quantitative estimate of drug-likeness (QED) is 0.671. The second kappa shape index (κ2) is 4.71. The van der Waals surface area contributed by atoms with Gasteiger partial charge in [0, 0.05) is 11.6 Å². The SMILES string of the molecule is Oc1c(CCl)cc(OC(F)(F)F)nc1C(F)(F)F. The molecule has 0 aromatic carbocycles. The number of nitrogens with zero attached hydrogens (tertiary/aromatic N) is 1. The van der Waals surface area contributed by atoms with Crippen molar-refractivity contribution < 1.29 is 36.2 Å². The fourth-order valence-electron chi connectivity index (χ4n) is 1.04. The lowest BCUT2D eigenvalue weighted by Gasteiger charge is -2.14. The summed E-state index contributed by atoms with van der Waals surface area (Å²) in [6, 6.07) is 0.477. The number of rotatable bonds is 2. The van der Waals surface area contributed by atoms with E-state index in [4.69, 9.17) is 16.7 Å². The zero-order valence-electron chi connectivity index (χ0n) is 8.23. The summed E-state index contributed by atoms with van der Waals surface area (Å²) in [4.78, 5) is 2.56. The fourth-order valence-corrected chi connectivity index (χ4v) is 1.24. The average Bonchev–Trinajstić information content (AvgIpc) is 2.16. The summed E-state index contributed by atoms with van der Waals surface area (Å²) in [5.74, 6) is -3.30. The lowest BCUT2D eigenvalue weighted by atomic mass is 10.2. The minimum atomic E-state index is -5.20. The molecule has 0 unspecified atom stereocenters. The van der Waals surface area contributed by atoms with Crippen LogP contribution in [-0.2, 0) is 12.1 Å². The number of hydrogen-bond acceptors (Lipinski definition) is 3. The number of aromatic hydroxyl groups is 1. The van der Waals surface area contributed by atoms with E-state index in [2.05, 4.69) is 9.72 Å². The second-order valence-electron chi connectivity index (χ2n) is 3.00. The van der Waals surface area contributed by atoms with E-state index in [1.54, 1.807) is 0 Å².